The van der Waals surface area contributed by atoms with E-state index >= 15 is 0 Å². The van der Waals surface area contributed by atoms with Crippen molar-refractivity contribution < 1.29 is 17.2 Å². The largest absolute Gasteiger partial charge is 1.00 e. The van der Waals surface area contributed by atoms with E-state index < -0.39 is 0 Å². The van der Waals surface area contributed by atoms with Crippen molar-refractivity contribution in [3.8, 4) is 0 Å². The molecular formula is C7H9ClN3O-. The van der Waals surface area contributed by atoms with Crippen molar-refractivity contribution >= 4 is 5.91 Å². The van der Waals surface area contributed by atoms with Crippen LogP contribution >= 0.6 is 0 Å². The lowest BCUT2D eigenvalue weighted by Gasteiger charge is -1.96. The predicted molar refractivity (Wildman–Crippen MR) is 40.3 cm³/mol. The molecule has 0 saturated heterocycles. The Balaban J connectivity index is 0.00000121. The van der Waals surface area contributed by atoms with Crippen LogP contribution in [0.25, 0.3) is 0 Å². The van der Waals surface area contributed by atoms with Crippen LogP contribution in [0.5, 0.6) is 0 Å². The Morgan fingerprint density at radius 1 is 1.58 bits per heavy atom. The highest BCUT2D eigenvalue weighted by atomic mass is 35.5. The van der Waals surface area contributed by atoms with Crippen molar-refractivity contribution in [3.05, 3.63) is 30.1 Å². The lowest BCUT2D eigenvalue weighted by molar-refractivity contribution is -0.120. The first-order valence-corrected chi connectivity index (χ1v) is 3.22. The number of carbonyl (C=O) groups is 1. The molecule has 0 aromatic carbocycles. The lowest BCUT2D eigenvalue weighted by atomic mass is 10.3. The molecule has 66 valence electrons. The van der Waals surface area contributed by atoms with Crippen LogP contribution in [0.3, 0.4) is 0 Å². The number of rotatable bonds is 2. The predicted octanol–water partition coefficient (Wildman–Crippen LogP) is -3.38. The molecule has 1 heterocycles. The van der Waals surface area contributed by atoms with E-state index in [0.29, 0.717) is 0 Å². The Bertz CT molecular complexity index is 240. The number of carbonyl (C=O) groups excluding carboxylic acids is 1. The van der Waals surface area contributed by atoms with Crippen molar-refractivity contribution in [2.45, 2.75) is 6.42 Å². The second-order valence-corrected chi connectivity index (χ2v) is 2.07. The molecule has 5 heteroatoms. The van der Waals surface area contributed by atoms with Crippen molar-refractivity contribution in [3.63, 3.8) is 0 Å². The number of halogens is 1. The summed E-state index contributed by atoms with van der Waals surface area (Å²) in [6, 6.07) is 5.39. The van der Waals surface area contributed by atoms with E-state index in [9.17, 15) is 4.79 Å². The maximum atomic E-state index is 10.7. The van der Waals surface area contributed by atoms with Gasteiger partial charge in [0.15, 0.2) is 0 Å². The van der Waals surface area contributed by atoms with Gasteiger partial charge in [-0.1, -0.05) is 6.07 Å². The van der Waals surface area contributed by atoms with Gasteiger partial charge in [-0.3, -0.25) is 15.2 Å². The zero-order valence-corrected chi connectivity index (χ0v) is 7.08. The number of hydrogen-bond acceptors (Lipinski definition) is 3. The van der Waals surface area contributed by atoms with E-state index in [1.54, 1.807) is 18.3 Å². The first kappa shape index (κ1) is 10.9. The minimum Gasteiger partial charge on any atom is -1.00 e. The van der Waals surface area contributed by atoms with Crippen LogP contribution in [-0.4, -0.2) is 10.9 Å². The molecule has 0 unspecified atom stereocenters. The Morgan fingerprint density at radius 3 is 2.83 bits per heavy atom. The molecular weight excluding hydrogens is 178 g/mol. The van der Waals surface area contributed by atoms with Crippen molar-refractivity contribution in [1.29, 1.82) is 0 Å². The third-order valence-electron chi connectivity index (χ3n) is 1.23. The number of aromatic nitrogens is 1. The molecule has 1 amide bonds. The summed E-state index contributed by atoms with van der Waals surface area (Å²) in [5, 5.41) is 0. The molecule has 0 saturated carbocycles. The summed E-state index contributed by atoms with van der Waals surface area (Å²) in [6.45, 7) is 0. The number of hydrogen-bond donors (Lipinski definition) is 2. The zero-order valence-electron chi connectivity index (χ0n) is 6.33. The van der Waals surface area contributed by atoms with Gasteiger partial charge in [-0.15, -0.1) is 0 Å². The van der Waals surface area contributed by atoms with Crippen LogP contribution in [0, 0.1) is 0 Å². The molecule has 0 spiro atoms. The third-order valence-corrected chi connectivity index (χ3v) is 1.23. The van der Waals surface area contributed by atoms with Gasteiger partial charge in [0, 0.05) is 11.9 Å². The Labute approximate surface area is 76.6 Å². The highest BCUT2D eigenvalue weighted by molar-refractivity contribution is 5.77. The normalized spacial score (nSPS) is 8.42. The summed E-state index contributed by atoms with van der Waals surface area (Å²) in [5.74, 6) is 4.66. The number of nitrogens with two attached hydrogens (primary N) is 1. The van der Waals surface area contributed by atoms with E-state index in [4.69, 9.17) is 5.84 Å². The average Bonchev–Trinajstić information content (AvgIpc) is 2.06. The second kappa shape index (κ2) is 5.51. The fourth-order valence-electron chi connectivity index (χ4n) is 0.718. The number of nitrogens with one attached hydrogen (secondary N) is 1. The average molecular weight is 187 g/mol. The Hall–Kier alpha value is -1.13. The van der Waals surface area contributed by atoms with Crippen LogP contribution in [0.1, 0.15) is 5.69 Å². The molecule has 0 atom stereocenters. The van der Waals surface area contributed by atoms with Crippen LogP contribution in [-0.2, 0) is 11.2 Å². The van der Waals surface area contributed by atoms with E-state index in [1.165, 1.54) is 0 Å². The maximum absolute atomic E-state index is 10.7. The Morgan fingerprint density at radius 2 is 2.33 bits per heavy atom. The Kier molecular flexibility index (Phi) is 4.99. The van der Waals surface area contributed by atoms with Crippen molar-refractivity contribution in [2.75, 3.05) is 0 Å². The summed E-state index contributed by atoms with van der Waals surface area (Å²) >= 11 is 0. The summed E-state index contributed by atoms with van der Waals surface area (Å²) in [6.07, 6.45) is 1.87. The topological polar surface area (TPSA) is 68.0 Å². The molecule has 4 nitrogen and oxygen atoms in total. The highest BCUT2D eigenvalue weighted by Gasteiger charge is 1.99. The number of pyridine rings is 1. The first-order chi connectivity index (χ1) is 5.33. The van der Waals surface area contributed by atoms with Crippen LogP contribution < -0.4 is 23.7 Å². The molecule has 0 aliphatic carbocycles. The third kappa shape index (κ3) is 3.32. The van der Waals surface area contributed by atoms with E-state index in [1.807, 2.05) is 11.5 Å². The maximum Gasteiger partial charge on any atom is 0.239 e. The van der Waals surface area contributed by atoms with Crippen LogP contribution in [0.4, 0.5) is 0 Å². The van der Waals surface area contributed by atoms with E-state index in [2.05, 4.69) is 4.98 Å². The minimum atomic E-state index is -0.233. The van der Waals surface area contributed by atoms with Gasteiger partial charge in [0.25, 0.3) is 0 Å². The van der Waals surface area contributed by atoms with Gasteiger partial charge in [-0.05, 0) is 12.1 Å². The molecule has 0 aliphatic heterocycles. The number of hydrazine groups is 1. The fourth-order valence-corrected chi connectivity index (χ4v) is 0.718. The van der Waals surface area contributed by atoms with Crippen LogP contribution in [0.15, 0.2) is 24.4 Å². The minimum absolute atomic E-state index is 0. The van der Waals surface area contributed by atoms with E-state index in [-0.39, 0.29) is 24.7 Å². The summed E-state index contributed by atoms with van der Waals surface area (Å²) in [4.78, 5) is 14.7. The molecule has 0 radical (unpaired) electrons. The zero-order chi connectivity index (χ0) is 8.10. The van der Waals surface area contributed by atoms with Gasteiger partial charge in [0.1, 0.15) is 0 Å². The summed E-state index contributed by atoms with van der Waals surface area (Å²) < 4.78 is 0. The highest BCUT2D eigenvalue weighted by Crippen LogP contribution is 1.93. The molecule has 0 bridgehead atoms. The monoisotopic (exact) mass is 186 g/mol. The molecule has 0 aliphatic rings. The quantitative estimate of drug-likeness (QED) is 0.288. The number of amides is 1. The fraction of sp³-hybridized carbons (Fsp3) is 0.143. The summed E-state index contributed by atoms with van der Waals surface area (Å²) in [7, 11) is 0. The van der Waals surface area contributed by atoms with Gasteiger partial charge in [-0.2, -0.15) is 0 Å². The lowest BCUT2D eigenvalue weighted by Crippen LogP contribution is -3.00. The first-order valence-electron chi connectivity index (χ1n) is 3.22. The van der Waals surface area contributed by atoms with Gasteiger partial charge < -0.3 is 12.4 Å². The van der Waals surface area contributed by atoms with Gasteiger partial charge >= 0.3 is 0 Å². The second-order valence-electron chi connectivity index (χ2n) is 2.07. The van der Waals surface area contributed by atoms with Crippen LogP contribution in [0.2, 0.25) is 0 Å². The van der Waals surface area contributed by atoms with Gasteiger partial charge in [0.2, 0.25) is 5.91 Å². The molecule has 1 rings (SSSR count). The van der Waals surface area contributed by atoms with E-state index in [0.717, 1.165) is 5.69 Å². The molecule has 3 N–H and O–H groups in total. The van der Waals surface area contributed by atoms with Crippen molar-refractivity contribution in [1.82, 2.24) is 10.4 Å². The standard InChI is InChI=1S/C7H9N3O.ClH/c8-10-7(11)5-6-3-1-2-4-9-6;/h1-4H,5,8H2,(H,10,11);1H/p-1. The van der Waals surface area contributed by atoms with Crippen molar-refractivity contribution in [2.24, 2.45) is 5.84 Å². The van der Waals surface area contributed by atoms with Gasteiger partial charge in [0.05, 0.1) is 6.42 Å². The van der Waals surface area contributed by atoms with Gasteiger partial charge in [-0.25, -0.2) is 5.84 Å². The number of nitrogens with zero attached hydrogens (tertiary/aromatic N) is 1. The summed E-state index contributed by atoms with van der Waals surface area (Å²) in [5.41, 5.74) is 2.75. The SMILES string of the molecule is NNC(=O)Cc1ccccn1.[Cl-]. The molecule has 1 aromatic heterocycles. The molecule has 12 heavy (non-hydrogen) atoms. The smallest absolute Gasteiger partial charge is 0.239 e. The molecule has 0 fully saturated rings. The molecule has 1 aromatic rings.